The monoisotopic (exact) mass is 499 g/mol. The fraction of sp³-hybridized carbons (Fsp3) is 0.185. The van der Waals surface area contributed by atoms with Gasteiger partial charge in [-0.05, 0) is 29.8 Å². The van der Waals surface area contributed by atoms with Crippen molar-refractivity contribution >= 4 is 29.4 Å². The maximum Gasteiger partial charge on any atom is 0.237 e. The number of carbonyl (C=O) groups excluding carboxylic acids is 1. The summed E-state index contributed by atoms with van der Waals surface area (Å²) in [6.45, 7) is 1.41. The van der Waals surface area contributed by atoms with Gasteiger partial charge in [0.25, 0.3) is 0 Å². The molecule has 5 rings (SSSR count). The number of fused-ring (bicyclic) bond motifs is 1. The van der Waals surface area contributed by atoms with E-state index in [-0.39, 0.29) is 11.7 Å². The molecule has 1 aliphatic heterocycles. The van der Waals surface area contributed by atoms with Gasteiger partial charge in [0.1, 0.15) is 13.2 Å². The number of rotatable bonds is 8. The molecule has 0 radical (unpaired) electrons. The topological polar surface area (TPSA) is 82.4 Å². The Balaban J connectivity index is 1.34. The van der Waals surface area contributed by atoms with Crippen LogP contribution in [0.5, 0.6) is 11.5 Å². The average Bonchev–Trinajstić information content (AvgIpc) is 3.30. The van der Waals surface area contributed by atoms with E-state index in [0.29, 0.717) is 42.2 Å². The van der Waals surface area contributed by atoms with Crippen LogP contribution in [0.3, 0.4) is 0 Å². The second kappa shape index (κ2) is 11.1. The zero-order valence-corrected chi connectivity index (χ0v) is 20.6. The van der Waals surface area contributed by atoms with E-state index in [2.05, 4.69) is 15.2 Å². The zero-order chi connectivity index (χ0) is 24.7. The van der Waals surface area contributed by atoms with Crippen molar-refractivity contribution in [3.63, 3.8) is 0 Å². The van der Waals surface area contributed by atoms with Crippen LogP contribution < -0.4 is 14.4 Å². The number of benzene rings is 2. The number of amides is 1. The van der Waals surface area contributed by atoms with Crippen LogP contribution in [0.2, 0.25) is 0 Å². The van der Waals surface area contributed by atoms with Gasteiger partial charge in [0.05, 0.1) is 5.75 Å². The summed E-state index contributed by atoms with van der Waals surface area (Å²) in [5.41, 5.74) is 2.69. The molecule has 0 N–H and O–H groups in total. The molecule has 9 heteroatoms. The highest BCUT2D eigenvalue weighted by atomic mass is 32.2. The SMILES string of the molecule is Cn1c(SCC(=O)N(CC=Cc2ccccc2)c2ccc3c(c2)OCCO3)nnc1-c1cccnc1. The molecule has 3 heterocycles. The molecule has 0 saturated heterocycles. The molecule has 1 aliphatic rings. The first kappa shape index (κ1) is 23.6. The van der Waals surface area contributed by atoms with E-state index in [1.54, 1.807) is 17.3 Å². The lowest BCUT2D eigenvalue weighted by Gasteiger charge is -2.24. The highest BCUT2D eigenvalue weighted by Gasteiger charge is 2.20. The lowest BCUT2D eigenvalue weighted by atomic mass is 10.2. The predicted molar refractivity (Wildman–Crippen MR) is 140 cm³/mol. The van der Waals surface area contributed by atoms with Crippen LogP contribution in [-0.2, 0) is 11.8 Å². The normalized spacial score (nSPS) is 12.6. The van der Waals surface area contributed by atoms with Crippen molar-refractivity contribution in [3.05, 3.63) is 84.7 Å². The molecule has 0 saturated carbocycles. The molecular weight excluding hydrogens is 474 g/mol. The summed E-state index contributed by atoms with van der Waals surface area (Å²) in [7, 11) is 1.89. The predicted octanol–water partition coefficient (Wildman–Crippen LogP) is 4.49. The number of nitrogens with zero attached hydrogens (tertiary/aromatic N) is 5. The van der Waals surface area contributed by atoms with E-state index in [4.69, 9.17) is 9.47 Å². The van der Waals surface area contributed by atoms with E-state index < -0.39 is 0 Å². The van der Waals surface area contributed by atoms with Crippen molar-refractivity contribution in [1.82, 2.24) is 19.7 Å². The Morgan fingerprint density at radius 1 is 1.06 bits per heavy atom. The fourth-order valence-electron chi connectivity index (χ4n) is 3.80. The quantitative estimate of drug-likeness (QED) is 0.331. The number of pyridine rings is 1. The minimum absolute atomic E-state index is 0.0553. The van der Waals surface area contributed by atoms with E-state index in [9.17, 15) is 4.79 Å². The highest BCUT2D eigenvalue weighted by Crippen LogP contribution is 2.34. The molecule has 2 aromatic carbocycles. The van der Waals surface area contributed by atoms with Crippen molar-refractivity contribution < 1.29 is 14.3 Å². The molecule has 8 nitrogen and oxygen atoms in total. The van der Waals surface area contributed by atoms with Gasteiger partial charge in [-0.1, -0.05) is 54.2 Å². The Morgan fingerprint density at radius 3 is 2.69 bits per heavy atom. The Bertz CT molecular complexity index is 1360. The molecule has 4 aromatic rings. The van der Waals surface area contributed by atoms with Gasteiger partial charge in [0.2, 0.25) is 5.91 Å². The number of carbonyl (C=O) groups is 1. The third-order valence-electron chi connectivity index (χ3n) is 5.62. The lowest BCUT2D eigenvalue weighted by molar-refractivity contribution is -0.116. The summed E-state index contributed by atoms with van der Waals surface area (Å²) in [6.07, 6.45) is 7.45. The molecule has 0 unspecified atom stereocenters. The fourth-order valence-corrected chi connectivity index (χ4v) is 4.59. The van der Waals surface area contributed by atoms with Crippen LogP contribution in [0.1, 0.15) is 5.56 Å². The number of aromatic nitrogens is 4. The number of thioether (sulfide) groups is 1. The minimum atomic E-state index is -0.0553. The molecule has 1 amide bonds. The van der Waals surface area contributed by atoms with Gasteiger partial charge in [-0.2, -0.15) is 0 Å². The van der Waals surface area contributed by atoms with Crippen molar-refractivity contribution in [1.29, 1.82) is 0 Å². The molecule has 0 atom stereocenters. The Hall–Kier alpha value is -4.11. The second-order valence-electron chi connectivity index (χ2n) is 8.04. The zero-order valence-electron chi connectivity index (χ0n) is 19.8. The van der Waals surface area contributed by atoms with Crippen molar-refractivity contribution in [2.45, 2.75) is 5.16 Å². The van der Waals surface area contributed by atoms with Crippen LogP contribution in [0.4, 0.5) is 5.69 Å². The molecule has 0 aliphatic carbocycles. The summed E-state index contributed by atoms with van der Waals surface area (Å²) in [5.74, 6) is 2.18. The van der Waals surface area contributed by atoms with Gasteiger partial charge in [0, 0.05) is 43.3 Å². The third kappa shape index (κ3) is 5.41. The van der Waals surface area contributed by atoms with E-state index in [1.165, 1.54) is 11.8 Å². The first-order valence-electron chi connectivity index (χ1n) is 11.5. The van der Waals surface area contributed by atoms with Crippen LogP contribution in [0, 0.1) is 0 Å². The van der Waals surface area contributed by atoms with Gasteiger partial charge >= 0.3 is 0 Å². The standard InChI is InChI=1S/C27H25N5O3S/c1-31-26(21-10-5-13-28-18-21)29-30-27(31)36-19-25(33)32(14-6-9-20-7-3-2-4-8-20)22-11-12-23-24(17-22)35-16-15-34-23/h2-13,17-18H,14-16,19H2,1H3. The number of hydrogen-bond donors (Lipinski definition) is 0. The van der Waals surface area contributed by atoms with Crippen molar-refractivity contribution in [3.8, 4) is 22.9 Å². The molecule has 0 bridgehead atoms. The smallest absolute Gasteiger partial charge is 0.237 e. The molecular formula is C27H25N5O3S. The third-order valence-corrected chi connectivity index (χ3v) is 6.62. The summed E-state index contributed by atoms with van der Waals surface area (Å²) in [6, 6.07) is 19.4. The van der Waals surface area contributed by atoms with Crippen LogP contribution in [0.25, 0.3) is 17.5 Å². The molecule has 182 valence electrons. The summed E-state index contributed by atoms with van der Waals surface area (Å²) >= 11 is 1.35. The van der Waals surface area contributed by atoms with E-state index in [1.807, 2.05) is 84.4 Å². The average molecular weight is 500 g/mol. The maximum atomic E-state index is 13.4. The van der Waals surface area contributed by atoms with Crippen LogP contribution in [0.15, 0.2) is 84.3 Å². The summed E-state index contributed by atoms with van der Waals surface area (Å²) < 4.78 is 13.3. The minimum Gasteiger partial charge on any atom is -0.486 e. The molecule has 36 heavy (non-hydrogen) atoms. The lowest BCUT2D eigenvalue weighted by Crippen LogP contribution is -2.32. The number of ether oxygens (including phenoxy) is 2. The maximum absolute atomic E-state index is 13.4. The van der Waals surface area contributed by atoms with Crippen LogP contribution in [-0.4, -0.2) is 51.2 Å². The highest BCUT2D eigenvalue weighted by molar-refractivity contribution is 7.99. The molecule has 2 aromatic heterocycles. The Labute approximate surface area is 213 Å². The second-order valence-corrected chi connectivity index (χ2v) is 8.98. The van der Waals surface area contributed by atoms with Crippen LogP contribution >= 0.6 is 11.8 Å². The van der Waals surface area contributed by atoms with Gasteiger partial charge < -0.3 is 18.9 Å². The van der Waals surface area contributed by atoms with Gasteiger partial charge in [-0.25, -0.2) is 0 Å². The van der Waals surface area contributed by atoms with Gasteiger partial charge in [-0.3, -0.25) is 9.78 Å². The largest absolute Gasteiger partial charge is 0.486 e. The van der Waals surface area contributed by atoms with Gasteiger partial charge in [-0.15, -0.1) is 10.2 Å². The van der Waals surface area contributed by atoms with E-state index in [0.717, 1.165) is 16.8 Å². The number of hydrogen-bond acceptors (Lipinski definition) is 7. The van der Waals surface area contributed by atoms with E-state index >= 15 is 0 Å². The molecule has 0 fully saturated rings. The molecule has 0 spiro atoms. The summed E-state index contributed by atoms with van der Waals surface area (Å²) in [4.78, 5) is 19.3. The van der Waals surface area contributed by atoms with Gasteiger partial charge in [0.15, 0.2) is 22.5 Å². The first-order chi connectivity index (χ1) is 17.7. The van der Waals surface area contributed by atoms with Crippen molar-refractivity contribution in [2.75, 3.05) is 30.4 Å². The number of anilines is 1. The van der Waals surface area contributed by atoms with Crippen molar-refractivity contribution in [2.24, 2.45) is 7.05 Å². The summed E-state index contributed by atoms with van der Waals surface area (Å²) in [5, 5.41) is 9.22. The Morgan fingerprint density at radius 2 is 1.89 bits per heavy atom. The first-order valence-corrected chi connectivity index (χ1v) is 12.5. The Kier molecular flexibility index (Phi) is 7.28.